The number of fused-ring (bicyclic) bond motifs is 1. The van der Waals surface area contributed by atoms with Crippen LogP contribution in [0.3, 0.4) is 0 Å². The second-order valence-electron chi connectivity index (χ2n) is 6.19. The number of aryl methyl sites for hydroxylation is 3. The molecule has 0 fully saturated rings. The molecule has 1 aromatic heterocycles. The molecule has 1 heterocycles. The Hall–Kier alpha value is -2.19. The molecule has 1 amide bonds. The fourth-order valence-corrected chi connectivity index (χ4v) is 4.36. The number of rotatable bonds is 4. The summed E-state index contributed by atoms with van der Waals surface area (Å²) < 4.78 is 8.63. The maximum absolute atomic E-state index is 12.1. The standard InChI is InChI=1S/C19H17Br2N3O3/c1-10-4-5-15-12(6-10)17(19(26)24(15)3)23-22-16(25)9-27-18-13(20)7-11(2)8-14(18)21/h4-8,26H,9H2,1-3H3. The van der Waals surface area contributed by atoms with Gasteiger partial charge in [0.15, 0.2) is 12.3 Å². The van der Waals surface area contributed by atoms with Gasteiger partial charge in [0.05, 0.1) is 14.5 Å². The quantitative estimate of drug-likeness (QED) is 0.471. The number of azo groups is 1. The largest absolute Gasteiger partial charge is 0.493 e. The van der Waals surface area contributed by atoms with Crippen molar-refractivity contribution in [3.63, 3.8) is 0 Å². The molecule has 0 saturated heterocycles. The molecule has 3 rings (SSSR count). The minimum Gasteiger partial charge on any atom is -0.493 e. The fourth-order valence-electron chi connectivity index (χ4n) is 2.72. The van der Waals surface area contributed by atoms with Crippen LogP contribution in [0.15, 0.2) is 49.5 Å². The van der Waals surface area contributed by atoms with Gasteiger partial charge in [-0.3, -0.25) is 4.79 Å². The van der Waals surface area contributed by atoms with E-state index in [2.05, 4.69) is 42.1 Å². The Morgan fingerprint density at radius 1 is 1.15 bits per heavy atom. The zero-order valence-electron chi connectivity index (χ0n) is 15.0. The summed E-state index contributed by atoms with van der Waals surface area (Å²) in [4.78, 5) is 12.1. The van der Waals surface area contributed by atoms with Crippen LogP contribution in [0, 0.1) is 13.8 Å². The first-order valence-electron chi connectivity index (χ1n) is 8.09. The van der Waals surface area contributed by atoms with Crippen molar-refractivity contribution in [1.82, 2.24) is 4.57 Å². The number of benzene rings is 2. The number of hydrogen-bond donors (Lipinski definition) is 1. The van der Waals surface area contributed by atoms with Crippen LogP contribution >= 0.6 is 31.9 Å². The molecule has 0 atom stereocenters. The van der Waals surface area contributed by atoms with Crippen molar-refractivity contribution in [2.45, 2.75) is 13.8 Å². The maximum Gasteiger partial charge on any atom is 0.302 e. The van der Waals surface area contributed by atoms with E-state index in [0.717, 1.165) is 31.0 Å². The molecule has 0 bridgehead atoms. The van der Waals surface area contributed by atoms with Crippen molar-refractivity contribution < 1.29 is 14.6 Å². The van der Waals surface area contributed by atoms with Gasteiger partial charge in [0.1, 0.15) is 5.75 Å². The van der Waals surface area contributed by atoms with Crippen LogP contribution in [0.5, 0.6) is 11.6 Å². The van der Waals surface area contributed by atoms with Gasteiger partial charge < -0.3 is 14.4 Å². The van der Waals surface area contributed by atoms with E-state index in [9.17, 15) is 9.90 Å². The third-order valence-electron chi connectivity index (χ3n) is 4.04. The number of carbonyl (C=O) groups is 1. The average Bonchev–Trinajstić information content (AvgIpc) is 2.82. The van der Waals surface area contributed by atoms with E-state index < -0.39 is 5.91 Å². The lowest BCUT2D eigenvalue weighted by Crippen LogP contribution is -2.08. The van der Waals surface area contributed by atoms with Crippen molar-refractivity contribution in [3.05, 3.63) is 50.4 Å². The van der Waals surface area contributed by atoms with E-state index in [-0.39, 0.29) is 18.2 Å². The Kier molecular flexibility index (Phi) is 5.67. The van der Waals surface area contributed by atoms with Crippen LogP contribution < -0.4 is 4.74 Å². The molecule has 140 valence electrons. The molecule has 0 unspecified atom stereocenters. The summed E-state index contributed by atoms with van der Waals surface area (Å²) in [5.41, 5.74) is 3.15. The Bertz CT molecular complexity index is 1050. The Labute approximate surface area is 173 Å². The lowest BCUT2D eigenvalue weighted by molar-refractivity contribution is -0.120. The van der Waals surface area contributed by atoms with Crippen molar-refractivity contribution >= 4 is 54.4 Å². The third-order valence-corrected chi connectivity index (χ3v) is 5.22. The summed E-state index contributed by atoms with van der Waals surface area (Å²) in [7, 11) is 1.73. The van der Waals surface area contributed by atoms with Gasteiger partial charge in [-0.1, -0.05) is 11.6 Å². The molecule has 0 saturated carbocycles. The molecule has 3 aromatic rings. The first-order valence-corrected chi connectivity index (χ1v) is 9.67. The van der Waals surface area contributed by atoms with Gasteiger partial charge in [-0.05, 0) is 75.5 Å². The topological polar surface area (TPSA) is 76.2 Å². The Morgan fingerprint density at radius 3 is 2.48 bits per heavy atom. The molecule has 27 heavy (non-hydrogen) atoms. The highest BCUT2D eigenvalue weighted by Gasteiger charge is 2.15. The van der Waals surface area contributed by atoms with Gasteiger partial charge >= 0.3 is 5.91 Å². The highest BCUT2D eigenvalue weighted by molar-refractivity contribution is 9.11. The number of ether oxygens (including phenoxy) is 1. The van der Waals surface area contributed by atoms with E-state index in [1.165, 1.54) is 0 Å². The second kappa shape index (κ2) is 7.82. The minimum atomic E-state index is -0.557. The SMILES string of the molecule is Cc1cc(Br)c(OCC(=O)N=Nc2c(O)n(C)c3ccc(C)cc23)c(Br)c1. The maximum atomic E-state index is 12.1. The zero-order valence-corrected chi connectivity index (χ0v) is 18.1. The molecule has 2 aromatic carbocycles. The minimum absolute atomic E-state index is 0.0444. The first kappa shape index (κ1) is 19.6. The molecule has 8 heteroatoms. The fraction of sp³-hybridized carbons (Fsp3) is 0.211. The highest BCUT2D eigenvalue weighted by atomic mass is 79.9. The van der Waals surface area contributed by atoms with Gasteiger partial charge in [0, 0.05) is 12.4 Å². The van der Waals surface area contributed by atoms with Crippen molar-refractivity contribution in [2.75, 3.05) is 6.61 Å². The monoisotopic (exact) mass is 493 g/mol. The van der Waals surface area contributed by atoms with Crippen LogP contribution in [0.4, 0.5) is 5.69 Å². The smallest absolute Gasteiger partial charge is 0.302 e. The van der Waals surface area contributed by atoms with Gasteiger partial charge in [0.25, 0.3) is 0 Å². The Balaban J connectivity index is 1.79. The van der Waals surface area contributed by atoms with E-state index in [4.69, 9.17) is 4.74 Å². The summed E-state index contributed by atoms with van der Waals surface area (Å²) >= 11 is 6.83. The predicted molar refractivity (Wildman–Crippen MR) is 111 cm³/mol. The number of amides is 1. The van der Waals surface area contributed by atoms with Crippen molar-refractivity contribution in [1.29, 1.82) is 0 Å². The van der Waals surface area contributed by atoms with E-state index in [1.54, 1.807) is 11.6 Å². The molecule has 6 nitrogen and oxygen atoms in total. The number of halogens is 2. The average molecular weight is 495 g/mol. The van der Waals surface area contributed by atoms with Gasteiger partial charge in [0.2, 0.25) is 5.88 Å². The second-order valence-corrected chi connectivity index (χ2v) is 7.90. The zero-order chi connectivity index (χ0) is 19.7. The molecule has 1 N–H and O–H groups in total. The summed E-state index contributed by atoms with van der Waals surface area (Å²) in [6, 6.07) is 9.51. The first-order chi connectivity index (χ1) is 12.8. The Morgan fingerprint density at radius 2 is 1.81 bits per heavy atom. The van der Waals surface area contributed by atoms with E-state index >= 15 is 0 Å². The van der Waals surface area contributed by atoms with Gasteiger partial charge in [-0.15, -0.1) is 10.2 Å². The molecule has 0 aliphatic rings. The number of nitrogens with zero attached hydrogens (tertiary/aromatic N) is 3. The summed E-state index contributed by atoms with van der Waals surface area (Å²) in [6.07, 6.45) is 0. The molecular weight excluding hydrogens is 478 g/mol. The molecule has 0 aliphatic heterocycles. The third kappa shape index (κ3) is 4.06. The van der Waals surface area contributed by atoms with Gasteiger partial charge in [-0.25, -0.2) is 0 Å². The predicted octanol–water partition coefficient (Wildman–Crippen LogP) is 5.72. The molecule has 0 aliphatic carbocycles. The van der Waals surface area contributed by atoms with E-state index in [0.29, 0.717) is 5.75 Å². The highest BCUT2D eigenvalue weighted by Crippen LogP contribution is 2.38. The number of aromatic nitrogens is 1. The van der Waals surface area contributed by atoms with Crippen LogP contribution in [0.2, 0.25) is 0 Å². The number of aromatic hydroxyl groups is 1. The normalized spacial score (nSPS) is 11.4. The van der Waals surface area contributed by atoms with Crippen molar-refractivity contribution in [3.8, 4) is 11.6 Å². The van der Waals surface area contributed by atoms with Gasteiger partial charge in [-0.2, -0.15) is 0 Å². The van der Waals surface area contributed by atoms with Crippen LogP contribution in [0.25, 0.3) is 10.9 Å². The lowest BCUT2D eigenvalue weighted by Gasteiger charge is -2.09. The summed E-state index contributed by atoms with van der Waals surface area (Å²) in [5, 5.41) is 18.7. The summed E-state index contributed by atoms with van der Waals surface area (Å²) in [6.45, 7) is 3.63. The van der Waals surface area contributed by atoms with Crippen LogP contribution in [-0.2, 0) is 11.8 Å². The molecule has 0 radical (unpaired) electrons. The van der Waals surface area contributed by atoms with Crippen LogP contribution in [-0.4, -0.2) is 22.2 Å². The summed E-state index contributed by atoms with van der Waals surface area (Å²) in [5.74, 6) is -0.0803. The molecule has 0 spiro atoms. The number of carbonyl (C=O) groups excluding carboxylic acids is 1. The molecular formula is C19H17Br2N3O3. The van der Waals surface area contributed by atoms with Crippen molar-refractivity contribution in [2.24, 2.45) is 17.3 Å². The lowest BCUT2D eigenvalue weighted by atomic mass is 10.1. The number of hydrogen-bond acceptors (Lipinski definition) is 4. The van der Waals surface area contributed by atoms with Crippen LogP contribution in [0.1, 0.15) is 11.1 Å². The van der Waals surface area contributed by atoms with E-state index in [1.807, 2.05) is 44.2 Å².